The summed E-state index contributed by atoms with van der Waals surface area (Å²) in [5.41, 5.74) is 0. The first-order valence-electron chi connectivity index (χ1n) is 7.70. The van der Waals surface area contributed by atoms with E-state index in [1.54, 1.807) is 6.92 Å². The molecular formula is C14H26O10. The maximum absolute atomic E-state index is 10.3. The second kappa shape index (κ2) is 8.32. The van der Waals surface area contributed by atoms with Gasteiger partial charge in [0.15, 0.2) is 12.6 Å². The van der Waals surface area contributed by atoms with E-state index in [1.807, 2.05) is 0 Å². The average molecular weight is 354 g/mol. The Balaban J connectivity index is 2.16. The molecule has 142 valence electrons. The Morgan fingerprint density at radius 1 is 0.792 bits per heavy atom. The van der Waals surface area contributed by atoms with Gasteiger partial charge in [0.05, 0.1) is 12.7 Å². The SMILES string of the molecule is COC1C(O)[C@H](O)C(CO)O[C@@H]1OC1[C@@H](O)C(C)O[C@@H](OC)[C@H]1O. The molecule has 2 aliphatic rings. The number of hydrogen-bond acceptors (Lipinski definition) is 10. The summed E-state index contributed by atoms with van der Waals surface area (Å²) in [6.45, 7) is 1.04. The number of hydrogen-bond donors (Lipinski definition) is 5. The second-order valence-corrected chi connectivity index (χ2v) is 5.93. The van der Waals surface area contributed by atoms with Crippen LogP contribution >= 0.6 is 0 Å². The first kappa shape index (κ1) is 19.9. The van der Waals surface area contributed by atoms with Crippen LogP contribution in [-0.2, 0) is 23.7 Å². The summed E-state index contributed by atoms with van der Waals surface area (Å²) in [7, 11) is 2.63. The number of ether oxygens (including phenoxy) is 5. The fraction of sp³-hybridized carbons (Fsp3) is 1.00. The molecule has 2 rings (SSSR count). The largest absolute Gasteiger partial charge is 0.394 e. The zero-order valence-corrected chi connectivity index (χ0v) is 13.8. The number of rotatable bonds is 5. The van der Waals surface area contributed by atoms with Crippen molar-refractivity contribution in [2.24, 2.45) is 0 Å². The highest BCUT2D eigenvalue weighted by Gasteiger charge is 2.50. The summed E-state index contributed by atoms with van der Waals surface area (Å²) in [5, 5.41) is 49.7. The quantitative estimate of drug-likeness (QED) is 0.345. The number of methoxy groups -OCH3 is 2. The van der Waals surface area contributed by atoms with Gasteiger partial charge in [-0.25, -0.2) is 0 Å². The Hall–Kier alpha value is -0.400. The molecule has 0 amide bonds. The number of aliphatic hydroxyl groups is 5. The van der Waals surface area contributed by atoms with Gasteiger partial charge in [-0.1, -0.05) is 0 Å². The summed E-state index contributed by atoms with van der Waals surface area (Å²) >= 11 is 0. The van der Waals surface area contributed by atoms with Crippen LogP contribution in [0.4, 0.5) is 0 Å². The van der Waals surface area contributed by atoms with Crippen LogP contribution in [-0.4, -0.2) is 108 Å². The van der Waals surface area contributed by atoms with E-state index in [-0.39, 0.29) is 0 Å². The van der Waals surface area contributed by atoms with Gasteiger partial charge in [0, 0.05) is 14.2 Å². The Kier molecular flexibility index (Phi) is 6.90. The summed E-state index contributed by atoms with van der Waals surface area (Å²) in [4.78, 5) is 0. The van der Waals surface area contributed by atoms with Crippen LogP contribution in [0.15, 0.2) is 0 Å². The molecular weight excluding hydrogens is 328 g/mol. The Morgan fingerprint density at radius 2 is 1.46 bits per heavy atom. The van der Waals surface area contributed by atoms with Gasteiger partial charge in [-0.15, -0.1) is 0 Å². The van der Waals surface area contributed by atoms with Crippen LogP contribution in [0.2, 0.25) is 0 Å². The molecule has 10 heteroatoms. The van der Waals surface area contributed by atoms with E-state index in [4.69, 9.17) is 23.7 Å². The third kappa shape index (κ3) is 3.73. The molecule has 2 aliphatic heterocycles. The maximum atomic E-state index is 10.3. The van der Waals surface area contributed by atoms with Crippen molar-refractivity contribution in [3.8, 4) is 0 Å². The van der Waals surface area contributed by atoms with Crippen molar-refractivity contribution >= 4 is 0 Å². The lowest BCUT2D eigenvalue weighted by Crippen LogP contribution is -2.64. The van der Waals surface area contributed by atoms with Crippen molar-refractivity contribution in [2.75, 3.05) is 20.8 Å². The van der Waals surface area contributed by atoms with Crippen molar-refractivity contribution in [3.63, 3.8) is 0 Å². The van der Waals surface area contributed by atoms with E-state index in [0.717, 1.165) is 0 Å². The van der Waals surface area contributed by atoms with Crippen molar-refractivity contribution in [1.82, 2.24) is 0 Å². The fourth-order valence-corrected chi connectivity index (χ4v) is 2.92. The van der Waals surface area contributed by atoms with Gasteiger partial charge in [0.2, 0.25) is 0 Å². The van der Waals surface area contributed by atoms with E-state index in [1.165, 1.54) is 14.2 Å². The van der Waals surface area contributed by atoms with Crippen LogP contribution in [0.1, 0.15) is 6.92 Å². The highest BCUT2D eigenvalue weighted by Crippen LogP contribution is 2.30. The first-order valence-corrected chi connectivity index (χ1v) is 7.70. The molecule has 5 unspecified atom stereocenters. The van der Waals surface area contributed by atoms with Crippen LogP contribution < -0.4 is 0 Å². The van der Waals surface area contributed by atoms with E-state index in [9.17, 15) is 25.5 Å². The van der Waals surface area contributed by atoms with Crippen LogP contribution in [0.5, 0.6) is 0 Å². The molecule has 0 aromatic rings. The van der Waals surface area contributed by atoms with Gasteiger partial charge in [-0.05, 0) is 6.92 Å². The van der Waals surface area contributed by atoms with Gasteiger partial charge in [-0.2, -0.15) is 0 Å². The molecule has 2 fully saturated rings. The van der Waals surface area contributed by atoms with Crippen molar-refractivity contribution in [1.29, 1.82) is 0 Å². The third-order valence-corrected chi connectivity index (χ3v) is 4.40. The zero-order chi connectivity index (χ0) is 18.0. The highest BCUT2D eigenvalue weighted by molar-refractivity contribution is 4.93. The minimum atomic E-state index is -1.38. The van der Waals surface area contributed by atoms with E-state index < -0.39 is 68.0 Å². The van der Waals surface area contributed by atoms with Gasteiger partial charge < -0.3 is 49.2 Å². The molecule has 0 saturated carbocycles. The summed E-state index contributed by atoms with van der Waals surface area (Å²) < 4.78 is 26.5. The molecule has 2 heterocycles. The molecule has 0 aliphatic carbocycles. The van der Waals surface area contributed by atoms with Crippen LogP contribution in [0.25, 0.3) is 0 Å². The predicted molar refractivity (Wildman–Crippen MR) is 76.8 cm³/mol. The normalized spacial score (nSPS) is 50.0. The molecule has 10 nitrogen and oxygen atoms in total. The summed E-state index contributed by atoms with van der Waals surface area (Å²) in [5.74, 6) is 0. The topological polar surface area (TPSA) is 147 Å². The molecule has 10 atom stereocenters. The van der Waals surface area contributed by atoms with Crippen LogP contribution in [0.3, 0.4) is 0 Å². The lowest BCUT2D eigenvalue weighted by Gasteiger charge is -2.46. The zero-order valence-electron chi connectivity index (χ0n) is 13.8. The van der Waals surface area contributed by atoms with E-state index >= 15 is 0 Å². The average Bonchev–Trinajstić information content (AvgIpc) is 2.57. The highest BCUT2D eigenvalue weighted by atomic mass is 16.7. The monoisotopic (exact) mass is 354 g/mol. The van der Waals surface area contributed by atoms with Gasteiger partial charge in [-0.3, -0.25) is 0 Å². The maximum Gasteiger partial charge on any atom is 0.187 e. The lowest BCUT2D eigenvalue weighted by molar-refractivity contribution is -0.357. The lowest BCUT2D eigenvalue weighted by atomic mass is 9.97. The molecule has 24 heavy (non-hydrogen) atoms. The predicted octanol–water partition coefficient (Wildman–Crippen LogP) is -3.06. The smallest absolute Gasteiger partial charge is 0.187 e. The standard InChI is InChI=1S/C14H26O10/c1-5-7(16)11(10(19)13(21-3)22-5)24-14-12(20-2)9(18)8(17)6(4-15)23-14/h5-19H,4H2,1-3H3/t5?,6?,7-,8+,9?,10-,11?,12?,13+,14+/m0/s1. The van der Waals surface area contributed by atoms with E-state index in [0.29, 0.717) is 0 Å². The Morgan fingerprint density at radius 3 is 2.00 bits per heavy atom. The molecule has 0 bridgehead atoms. The molecule has 0 aromatic carbocycles. The molecule has 0 spiro atoms. The fourth-order valence-electron chi connectivity index (χ4n) is 2.92. The molecule has 0 aromatic heterocycles. The third-order valence-electron chi connectivity index (χ3n) is 4.40. The number of aliphatic hydroxyl groups excluding tert-OH is 5. The first-order chi connectivity index (χ1) is 11.3. The van der Waals surface area contributed by atoms with Gasteiger partial charge >= 0.3 is 0 Å². The Bertz CT molecular complexity index is 396. The summed E-state index contributed by atoms with van der Waals surface area (Å²) in [6, 6.07) is 0. The van der Waals surface area contributed by atoms with Crippen molar-refractivity contribution in [3.05, 3.63) is 0 Å². The molecule has 5 N–H and O–H groups in total. The van der Waals surface area contributed by atoms with Gasteiger partial charge in [0.1, 0.15) is 42.7 Å². The second-order valence-electron chi connectivity index (χ2n) is 5.93. The summed E-state index contributed by atoms with van der Waals surface area (Å²) in [6.07, 6.45) is -11.5. The van der Waals surface area contributed by atoms with E-state index in [2.05, 4.69) is 0 Å². The van der Waals surface area contributed by atoms with Gasteiger partial charge in [0.25, 0.3) is 0 Å². The minimum Gasteiger partial charge on any atom is -0.394 e. The van der Waals surface area contributed by atoms with Crippen molar-refractivity contribution < 1.29 is 49.2 Å². The van der Waals surface area contributed by atoms with Crippen molar-refractivity contribution in [2.45, 2.75) is 68.3 Å². The molecule has 2 saturated heterocycles. The van der Waals surface area contributed by atoms with Crippen LogP contribution in [0, 0.1) is 0 Å². The minimum absolute atomic E-state index is 0.551. The Labute approximate surface area is 139 Å². The molecule has 0 radical (unpaired) electrons.